The normalized spacial score (nSPS) is 9.79. The Hall–Kier alpha value is -1.85. The van der Waals surface area contributed by atoms with Crippen LogP contribution in [0.3, 0.4) is 0 Å². The molecule has 6 nitrogen and oxygen atoms in total. The van der Waals surface area contributed by atoms with Crippen LogP contribution in [0.25, 0.3) is 0 Å². The predicted octanol–water partition coefficient (Wildman–Crippen LogP) is -0.204. The number of hydrogen-bond acceptors (Lipinski definition) is 4. The van der Waals surface area contributed by atoms with E-state index in [0.29, 0.717) is 5.56 Å². The van der Waals surface area contributed by atoms with E-state index in [1.807, 2.05) is 0 Å². The summed E-state index contributed by atoms with van der Waals surface area (Å²) in [5.74, 6) is -0.944. The van der Waals surface area contributed by atoms with Crippen LogP contribution in [0.2, 0.25) is 0 Å². The predicted molar refractivity (Wildman–Crippen MR) is 47.4 cm³/mol. The first kappa shape index (κ1) is 10.2. The molecule has 2 N–H and O–H groups in total. The van der Waals surface area contributed by atoms with Crippen LogP contribution in [-0.2, 0) is 11.2 Å². The van der Waals surface area contributed by atoms with Crippen LogP contribution in [0.15, 0.2) is 11.0 Å². The molecule has 0 aliphatic carbocycles. The maximum absolute atomic E-state index is 11.2. The molecular formula is C8H10N2O4. The standard InChI is InChI=1S/C8H10N2O4/c1-14-8-9-4-5(7(13)10-8)2-3-6(11)12/h4H,2-3H2,1H3,(H,11,12)(H,9,10,13). The Balaban J connectivity index is 2.79. The lowest BCUT2D eigenvalue weighted by molar-refractivity contribution is -0.136. The first-order valence-corrected chi connectivity index (χ1v) is 3.97. The van der Waals surface area contributed by atoms with Crippen molar-refractivity contribution in [1.29, 1.82) is 0 Å². The molecule has 0 aliphatic heterocycles. The van der Waals surface area contributed by atoms with E-state index in [9.17, 15) is 9.59 Å². The number of aryl methyl sites for hydroxylation is 1. The van der Waals surface area contributed by atoms with Crippen molar-refractivity contribution in [3.05, 3.63) is 22.1 Å². The number of ether oxygens (including phenoxy) is 1. The van der Waals surface area contributed by atoms with Gasteiger partial charge in [-0.3, -0.25) is 14.6 Å². The highest BCUT2D eigenvalue weighted by Crippen LogP contribution is 1.99. The number of carbonyl (C=O) groups is 1. The molecule has 0 bridgehead atoms. The summed E-state index contributed by atoms with van der Waals surface area (Å²) in [4.78, 5) is 27.6. The summed E-state index contributed by atoms with van der Waals surface area (Å²) < 4.78 is 4.69. The van der Waals surface area contributed by atoms with E-state index in [2.05, 4.69) is 9.97 Å². The van der Waals surface area contributed by atoms with Crippen molar-refractivity contribution >= 4 is 5.97 Å². The number of rotatable bonds is 4. The third kappa shape index (κ3) is 2.58. The van der Waals surface area contributed by atoms with Crippen molar-refractivity contribution in [1.82, 2.24) is 9.97 Å². The van der Waals surface area contributed by atoms with Crippen LogP contribution in [0.5, 0.6) is 6.01 Å². The SMILES string of the molecule is COc1ncc(CCC(=O)O)c(=O)[nH]1. The molecule has 0 saturated carbocycles. The minimum Gasteiger partial charge on any atom is -0.481 e. The summed E-state index contributed by atoms with van der Waals surface area (Å²) in [5, 5.41) is 8.41. The highest BCUT2D eigenvalue weighted by atomic mass is 16.5. The van der Waals surface area contributed by atoms with E-state index < -0.39 is 5.97 Å². The van der Waals surface area contributed by atoms with Gasteiger partial charge >= 0.3 is 5.97 Å². The number of aromatic amines is 1. The summed E-state index contributed by atoms with van der Waals surface area (Å²) in [6, 6.07) is 0.120. The van der Waals surface area contributed by atoms with Crippen LogP contribution in [-0.4, -0.2) is 28.2 Å². The molecule has 0 atom stereocenters. The van der Waals surface area contributed by atoms with Gasteiger partial charge < -0.3 is 9.84 Å². The smallest absolute Gasteiger partial charge is 0.303 e. The number of carboxylic acids is 1. The average Bonchev–Trinajstić information content (AvgIpc) is 2.15. The zero-order valence-electron chi connectivity index (χ0n) is 7.61. The second-order valence-electron chi connectivity index (χ2n) is 2.64. The molecular weight excluding hydrogens is 188 g/mol. The number of aliphatic carboxylic acids is 1. The Morgan fingerprint density at radius 1 is 1.71 bits per heavy atom. The van der Waals surface area contributed by atoms with Gasteiger partial charge in [0.1, 0.15) is 0 Å². The monoisotopic (exact) mass is 198 g/mol. The fourth-order valence-corrected chi connectivity index (χ4v) is 0.928. The number of nitrogens with one attached hydrogen (secondary N) is 1. The van der Waals surface area contributed by atoms with Gasteiger partial charge in [-0.05, 0) is 6.42 Å². The molecule has 14 heavy (non-hydrogen) atoms. The highest BCUT2D eigenvalue weighted by Gasteiger charge is 2.04. The van der Waals surface area contributed by atoms with Gasteiger partial charge in [-0.2, -0.15) is 0 Å². The number of nitrogens with zero attached hydrogens (tertiary/aromatic N) is 1. The summed E-state index contributed by atoms with van der Waals surface area (Å²) in [7, 11) is 1.38. The van der Waals surface area contributed by atoms with E-state index in [0.717, 1.165) is 0 Å². The van der Waals surface area contributed by atoms with Crippen molar-refractivity contribution < 1.29 is 14.6 Å². The van der Waals surface area contributed by atoms with Gasteiger partial charge in [0.2, 0.25) is 0 Å². The maximum Gasteiger partial charge on any atom is 0.303 e. The molecule has 0 radical (unpaired) electrons. The maximum atomic E-state index is 11.2. The molecule has 0 unspecified atom stereocenters. The van der Waals surface area contributed by atoms with E-state index in [1.165, 1.54) is 13.3 Å². The first-order valence-electron chi connectivity index (χ1n) is 3.97. The number of carboxylic acid groups (broad SMARTS) is 1. The molecule has 0 amide bonds. The Bertz CT molecular complexity index is 385. The summed E-state index contributed by atoms with van der Waals surface area (Å²) in [6.07, 6.45) is 1.40. The van der Waals surface area contributed by atoms with Gasteiger partial charge in [0.05, 0.1) is 7.11 Å². The number of H-pyrrole nitrogens is 1. The third-order valence-electron chi connectivity index (χ3n) is 1.65. The average molecular weight is 198 g/mol. The molecule has 1 aromatic rings. The van der Waals surface area contributed by atoms with Gasteiger partial charge in [0.25, 0.3) is 11.6 Å². The largest absolute Gasteiger partial charge is 0.481 e. The Morgan fingerprint density at radius 3 is 2.93 bits per heavy atom. The minimum absolute atomic E-state index is 0.0862. The molecule has 0 aliphatic rings. The first-order chi connectivity index (χ1) is 6.63. The molecule has 1 aromatic heterocycles. The summed E-state index contributed by atoms with van der Waals surface area (Å²) in [6.45, 7) is 0. The van der Waals surface area contributed by atoms with Crippen LogP contribution in [0, 0.1) is 0 Å². The van der Waals surface area contributed by atoms with Gasteiger partial charge in [-0.15, -0.1) is 0 Å². The van der Waals surface area contributed by atoms with Crippen molar-refractivity contribution in [2.45, 2.75) is 12.8 Å². The molecule has 6 heteroatoms. The molecule has 1 rings (SSSR count). The van der Waals surface area contributed by atoms with Crippen LogP contribution in [0.4, 0.5) is 0 Å². The van der Waals surface area contributed by atoms with Crippen molar-refractivity contribution in [2.75, 3.05) is 7.11 Å². The zero-order valence-corrected chi connectivity index (χ0v) is 7.61. The van der Waals surface area contributed by atoms with Gasteiger partial charge in [-0.1, -0.05) is 0 Å². The van der Waals surface area contributed by atoms with Gasteiger partial charge in [-0.25, -0.2) is 4.98 Å². The molecule has 76 valence electrons. The van der Waals surface area contributed by atoms with Crippen LogP contribution < -0.4 is 10.3 Å². The van der Waals surface area contributed by atoms with Gasteiger partial charge in [0, 0.05) is 18.2 Å². The van der Waals surface area contributed by atoms with Gasteiger partial charge in [0.15, 0.2) is 0 Å². The lowest BCUT2D eigenvalue weighted by Crippen LogP contribution is -2.15. The Morgan fingerprint density at radius 2 is 2.43 bits per heavy atom. The molecule has 0 spiro atoms. The molecule has 1 heterocycles. The fourth-order valence-electron chi connectivity index (χ4n) is 0.928. The Kier molecular flexibility index (Phi) is 3.22. The number of hydrogen-bond donors (Lipinski definition) is 2. The quantitative estimate of drug-likeness (QED) is 0.698. The van der Waals surface area contributed by atoms with E-state index in [-0.39, 0.29) is 24.4 Å². The summed E-state index contributed by atoms with van der Waals surface area (Å²) in [5.41, 5.74) is -0.0219. The Labute approximate surface area is 79.6 Å². The van der Waals surface area contributed by atoms with E-state index >= 15 is 0 Å². The van der Waals surface area contributed by atoms with E-state index in [1.54, 1.807) is 0 Å². The highest BCUT2D eigenvalue weighted by molar-refractivity contribution is 5.67. The number of methoxy groups -OCH3 is 1. The van der Waals surface area contributed by atoms with Crippen LogP contribution >= 0.6 is 0 Å². The van der Waals surface area contributed by atoms with Crippen molar-refractivity contribution in [2.24, 2.45) is 0 Å². The minimum atomic E-state index is -0.944. The number of aromatic nitrogens is 2. The molecule has 0 saturated heterocycles. The van der Waals surface area contributed by atoms with E-state index in [4.69, 9.17) is 9.84 Å². The molecule has 0 aromatic carbocycles. The third-order valence-corrected chi connectivity index (χ3v) is 1.65. The lowest BCUT2D eigenvalue weighted by atomic mass is 10.2. The van der Waals surface area contributed by atoms with Crippen molar-refractivity contribution in [3.8, 4) is 6.01 Å². The van der Waals surface area contributed by atoms with Crippen molar-refractivity contribution in [3.63, 3.8) is 0 Å². The van der Waals surface area contributed by atoms with Crippen LogP contribution in [0.1, 0.15) is 12.0 Å². The second-order valence-corrected chi connectivity index (χ2v) is 2.64. The fraction of sp³-hybridized carbons (Fsp3) is 0.375. The lowest BCUT2D eigenvalue weighted by Gasteiger charge is -1.99. The molecule has 0 fully saturated rings. The second kappa shape index (κ2) is 4.40. The topological polar surface area (TPSA) is 92.3 Å². The zero-order chi connectivity index (χ0) is 10.6. The summed E-state index contributed by atoms with van der Waals surface area (Å²) >= 11 is 0.